The number of carboxylic acids is 1. The van der Waals surface area contributed by atoms with Gasteiger partial charge in [0, 0.05) is 32.4 Å². The summed E-state index contributed by atoms with van der Waals surface area (Å²) >= 11 is 0. The van der Waals surface area contributed by atoms with Crippen LogP contribution in [0.5, 0.6) is 0 Å². The zero-order chi connectivity index (χ0) is 16.2. The maximum Gasteiger partial charge on any atom is 0.320 e. The lowest BCUT2D eigenvalue weighted by Gasteiger charge is -2.37. The van der Waals surface area contributed by atoms with Gasteiger partial charge in [0.25, 0.3) is 0 Å². The molecule has 0 aromatic carbocycles. The quantitative estimate of drug-likeness (QED) is 0.602. The van der Waals surface area contributed by atoms with Crippen molar-refractivity contribution in [2.45, 2.75) is 25.4 Å². The number of carbonyl (C=O) groups is 2. The highest BCUT2D eigenvalue weighted by atomic mass is 32.2. The van der Waals surface area contributed by atoms with E-state index in [0.717, 1.165) is 6.26 Å². The maximum absolute atomic E-state index is 12.1. The van der Waals surface area contributed by atoms with E-state index in [2.05, 4.69) is 0 Å². The van der Waals surface area contributed by atoms with Crippen LogP contribution in [0.3, 0.4) is 0 Å². The van der Waals surface area contributed by atoms with Crippen LogP contribution >= 0.6 is 0 Å². The van der Waals surface area contributed by atoms with E-state index in [1.807, 2.05) is 0 Å². The smallest absolute Gasteiger partial charge is 0.320 e. The Bertz CT molecular complexity index is 485. The maximum atomic E-state index is 12.1. The lowest BCUT2D eigenvalue weighted by Crippen LogP contribution is -2.56. The van der Waals surface area contributed by atoms with Gasteiger partial charge >= 0.3 is 5.97 Å². The molecule has 0 spiro atoms. The highest BCUT2D eigenvalue weighted by molar-refractivity contribution is 7.90. The number of piperazine rings is 1. The van der Waals surface area contributed by atoms with Crippen molar-refractivity contribution in [1.29, 1.82) is 0 Å². The number of carbonyl (C=O) groups excluding carboxylic acids is 1. The fourth-order valence-electron chi connectivity index (χ4n) is 2.18. The Morgan fingerprint density at radius 3 is 2.19 bits per heavy atom. The van der Waals surface area contributed by atoms with E-state index in [0.29, 0.717) is 26.2 Å². The lowest BCUT2D eigenvalue weighted by molar-refractivity contribution is -0.144. The van der Waals surface area contributed by atoms with Gasteiger partial charge in [-0.15, -0.1) is 0 Å². The molecule has 2 unspecified atom stereocenters. The van der Waals surface area contributed by atoms with Crippen LogP contribution in [0.4, 0.5) is 0 Å². The standard InChI is InChI=1S/C12H23N3O5S/c1-9(12(17)18)14-4-6-15(7-5-14)11(16)10(13)3-8-21(2,19)20/h9-10H,3-8,13H2,1-2H3,(H,17,18). The molecule has 1 heterocycles. The number of nitrogens with zero attached hydrogens (tertiary/aromatic N) is 2. The lowest BCUT2D eigenvalue weighted by atomic mass is 10.1. The molecule has 0 aromatic heterocycles. The first-order chi connectivity index (χ1) is 9.61. The van der Waals surface area contributed by atoms with Crippen LogP contribution in [0, 0.1) is 0 Å². The van der Waals surface area contributed by atoms with Crippen LogP contribution in [0.25, 0.3) is 0 Å². The molecule has 21 heavy (non-hydrogen) atoms. The van der Waals surface area contributed by atoms with E-state index in [1.54, 1.807) is 16.7 Å². The third-order valence-electron chi connectivity index (χ3n) is 3.65. The third kappa shape index (κ3) is 5.60. The van der Waals surface area contributed by atoms with Crippen molar-refractivity contribution in [2.24, 2.45) is 5.73 Å². The average Bonchev–Trinajstić information content (AvgIpc) is 2.42. The number of carboxylic acid groups (broad SMARTS) is 1. The van der Waals surface area contributed by atoms with Gasteiger partial charge in [-0.2, -0.15) is 0 Å². The van der Waals surface area contributed by atoms with Crippen LogP contribution in [0.2, 0.25) is 0 Å². The number of amides is 1. The molecular weight excluding hydrogens is 298 g/mol. The van der Waals surface area contributed by atoms with Gasteiger partial charge in [-0.1, -0.05) is 0 Å². The summed E-state index contributed by atoms with van der Waals surface area (Å²) in [5, 5.41) is 8.94. The first-order valence-corrected chi connectivity index (χ1v) is 8.87. The van der Waals surface area contributed by atoms with Crippen molar-refractivity contribution in [3.05, 3.63) is 0 Å². The van der Waals surface area contributed by atoms with Crippen LogP contribution in [-0.2, 0) is 19.4 Å². The van der Waals surface area contributed by atoms with Gasteiger partial charge in [0.05, 0.1) is 11.8 Å². The van der Waals surface area contributed by atoms with Gasteiger partial charge in [0.2, 0.25) is 5.91 Å². The van der Waals surface area contributed by atoms with Gasteiger partial charge in [-0.3, -0.25) is 14.5 Å². The van der Waals surface area contributed by atoms with E-state index in [4.69, 9.17) is 10.8 Å². The first-order valence-electron chi connectivity index (χ1n) is 6.81. The molecule has 1 amide bonds. The van der Waals surface area contributed by atoms with Gasteiger partial charge in [0.15, 0.2) is 0 Å². The number of aliphatic carboxylic acids is 1. The molecular formula is C12H23N3O5S. The Hall–Kier alpha value is -1.19. The molecule has 1 saturated heterocycles. The molecule has 2 atom stereocenters. The monoisotopic (exact) mass is 321 g/mol. The average molecular weight is 321 g/mol. The van der Waals surface area contributed by atoms with Crippen molar-refractivity contribution in [1.82, 2.24) is 9.80 Å². The van der Waals surface area contributed by atoms with Gasteiger partial charge < -0.3 is 15.7 Å². The largest absolute Gasteiger partial charge is 0.480 e. The zero-order valence-electron chi connectivity index (χ0n) is 12.4. The fourth-order valence-corrected chi connectivity index (χ4v) is 2.87. The van der Waals surface area contributed by atoms with E-state index in [-0.39, 0.29) is 18.1 Å². The highest BCUT2D eigenvalue weighted by Crippen LogP contribution is 2.09. The summed E-state index contributed by atoms with van der Waals surface area (Å²) in [5.41, 5.74) is 5.73. The predicted molar refractivity (Wildman–Crippen MR) is 77.6 cm³/mol. The van der Waals surface area contributed by atoms with Gasteiger partial charge in [0.1, 0.15) is 15.9 Å². The van der Waals surface area contributed by atoms with Crippen molar-refractivity contribution >= 4 is 21.7 Å². The summed E-state index contributed by atoms with van der Waals surface area (Å²) in [4.78, 5) is 26.4. The highest BCUT2D eigenvalue weighted by Gasteiger charge is 2.29. The molecule has 0 aliphatic carbocycles. The summed E-state index contributed by atoms with van der Waals surface area (Å²) in [6.07, 6.45) is 1.21. The Labute approximate surface area is 124 Å². The van der Waals surface area contributed by atoms with Crippen molar-refractivity contribution < 1.29 is 23.1 Å². The summed E-state index contributed by atoms with van der Waals surface area (Å²) in [6.45, 7) is 3.36. The number of hydrogen-bond donors (Lipinski definition) is 2. The predicted octanol–water partition coefficient (Wildman–Crippen LogP) is -1.63. The van der Waals surface area contributed by atoms with Crippen molar-refractivity contribution in [2.75, 3.05) is 38.2 Å². The molecule has 122 valence electrons. The summed E-state index contributed by atoms with van der Waals surface area (Å²) < 4.78 is 22.1. The summed E-state index contributed by atoms with van der Waals surface area (Å²) in [6, 6.07) is -1.41. The van der Waals surface area contributed by atoms with Gasteiger partial charge in [-0.25, -0.2) is 8.42 Å². The Balaban J connectivity index is 2.46. The molecule has 8 nitrogen and oxygen atoms in total. The minimum Gasteiger partial charge on any atom is -0.480 e. The van der Waals surface area contributed by atoms with E-state index < -0.39 is 27.9 Å². The number of sulfone groups is 1. The molecule has 0 radical (unpaired) electrons. The normalized spacial score (nSPS) is 20.0. The van der Waals surface area contributed by atoms with E-state index >= 15 is 0 Å². The second-order valence-corrected chi connectivity index (χ2v) is 7.66. The molecule has 3 N–H and O–H groups in total. The van der Waals surface area contributed by atoms with Crippen LogP contribution in [0.15, 0.2) is 0 Å². The topological polar surface area (TPSA) is 121 Å². The zero-order valence-corrected chi connectivity index (χ0v) is 13.2. The molecule has 0 bridgehead atoms. The minimum atomic E-state index is -3.14. The molecule has 1 fully saturated rings. The molecule has 0 aromatic rings. The number of rotatable bonds is 6. The summed E-state index contributed by atoms with van der Waals surface area (Å²) in [5.74, 6) is -1.28. The van der Waals surface area contributed by atoms with Crippen LogP contribution in [0.1, 0.15) is 13.3 Å². The number of hydrogen-bond acceptors (Lipinski definition) is 6. The third-order valence-corrected chi connectivity index (χ3v) is 4.63. The Morgan fingerprint density at radius 1 is 1.24 bits per heavy atom. The Morgan fingerprint density at radius 2 is 1.76 bits per heavy atom. The molecule has 9 heteroatoms. The molecule has 1 rings (SSSR count). The first kappa shape index (κ1) is 17.9. The van der Waals surface area contributed by atoms with Crippen molar-refractivity contribution in [3.63, 3.8) is 0 Å². The SMILES string of the molecule is CC(C(=O)O)N1CCN(C(=O)C(N)CCS(C)(=O)=O)CC1. The van der Waals surface area contributed by atoms with Gasteiger partial charge in [-0.05, 0) is 13.3 Å². The number of nitrogens with two attached hydrogens (primary N) is 1. The van der Waals surface area contributed by atoms with Crippen LogP contribution in [-0.4, -0.2) is 85.5 Å². The Kier molecular flexibility index (Phi) is 6.11. The second kappa shape index (κ2) is 7.19. The molecule has 1 aliphatic rings. The fraction of sp³-hybridized carbons (Fsp3) is 0.833. The van der Waals surface area contributed by atoms with E-state index in [1.165, 1.54) is 0 Å². The summed E-state index contributed by atoms with van der Waals surface area (Å²) in [7, 11) is -3.14. The molecule has 1 aliphatic heterocycles. The van der Waals surface area contributed by atoms with Crippen molar-refractivity contribution in [3.8, 4) is 0 Å². The molecule has 0 saturated carbocycles. The van der Waals surface area contributed by atoms with E-state index in [9.17, 15) is 18.0 Å². The minimum absolute atomic E-state index is 0.101. The van der Waals surface area contributed by atoms with Crippen LogP contribution < -0.4 is 5.73 Å². The second-order valence-electron chi connectivity index (χ2n) is 5.40.